The van der Waals surface area contributed by atoms with Gasteiger partial charge in [-0.1, -0.05) is 23.7 Å². The minimum atomic E-state index is -0.499. The highest BCUT2D eigenvalue weighted by Crippen LogP contribution is 2.27. The van der Waals surface area contributed by atoms with E-state index in [0.29, 0.717) is 21.8 Å². The molecule has 0 aliphatic rings. The summed E-state index contributed by atoms with van der Waals surface area (Å²) in [7, 11) is 0. The van der Waals surface area contributed by atoms with E-state index in [1.165, 1.54) is 0 Å². The van der Waals surface area contributed by atoms with Crippen LogP contribution in [0, 0.1) is 11.3 Å². The fourth-order valence-electron chi connectivity index (χ4n) is 1.95. The molecule has 0 heterocycles. The summed E-state index contributed by atoms with van der Waals surface area (Å²) in [5.41, 5.74) is 7.93. The summed E-state index contributed by atoms with van der Waals surface area (Å²) < 4.78 is 0. The Morgan fingerprint density at radius 1 is 1.29 bits per heavy atom. The zero-order valence-corrected chi connectivity index (χ0v) is 12.2. The summed E-state index contributed by atoms with van der Waals surface area (Å²) in [6.07, 6.45) is 0. The second-order valence-corrected chi connectivity index (χ2v) is 5.07. The lowest BCUT2D eigenvalue weighted by Crippen LogP contribution is -2.12. The van der Waals surface area contributed by atoms with Crippen LogP contribution in [0.15, 0.2) is 42.5 Å². The standard InChI is InChI=1S/C16H14ClN3O/c1-10(12-4-2-11(9-18)3-5-12)20-15-8-13(16(19)21)6-7-14(15)17/h2-8,10,20H,1H3,(H2,19,21). The Morgan fingerprint density at radius 2 is 1.95 bits per heavy atom. The third-order valence-electron chi connectivity index (χ3n) is 3.16. The van der Waals surface area contributed by atoms with Crippen molar-refractivity contribution in [1.82, 2.24) is 0 Å². The molecule has 1 atom stereocenters. The molecule has 0 saturated carbocycles. The second-order valence-electron chi connectivity index (χ2n) is 4.66. The first-order valence-corrected chi connectivity index (χ1v) is 6.75. The fourth-order valence-corrected chi connectivity index (χ4v) is 2.12. The van der Waals surface area contributed by atoms with Crippen molar-refractivity contribution in [3.63, 3.8) is 0 Å². The molecule has 0 spiro atoms. The number of hydrogen-bond acceptors (Lipinski definition) is 3. The number of carbonyl (C=O) groups excluding carboxylic acids is 1. The zero-order valence-electron chi connectivity index (χ0n) is 11.4. The molecule has 21 heavy (non-hydrogen) atoms. The van der Waals surface area contributed by atoms with Gasteiger partial charge in [-0.05, 0) is 42.8 Å². The minimum absolute atomic E-state index is 0.0293. The van der Waals surface area contributed by atoms with Crippen LogP contribution in [0.3, 0.4) is 0 Å². The SMILES string of the molecule is CC(Nc1cc(C(N)=O)ccc1Cl)c1ccc(C#N)cc1. The highest BCUT2D eigenvalue weighted by Gasteiger charge is 2.10. The molecule has 106 valence electrons. The summed E-state index contributed by atoms with van der Waals surface area (Å²) in [5, 5.41) is 12.5. The van der Waals surface area contributed by atoms with Gasteiger partial charge in [0.15, 0.2) is 0 Å². The van der Waals surface area contributed by atoms with E-state index in [4.69, 9.17) is 22.6 Å². The average Bonchev–Trinajstić information content (AvgIpc) is 2.49. The molecule has 0 radical (unpaired) electrons. The van der Waals surface area contributed by atoms with Gasteiger partial charge >= 0.3 is 0 Å². The summed E-state index contributed by atoms with van der Waals surface area (Å²) in [6.45, 7) is 1.97. The van der Waals surface area contributed by atoms with E-state index in [9.17, 15) is 4.79 Å². The van der Waals surface area contributed by atoms with Gasteiger partial charge in [0.2, 0.25) is 5.91 Å². The highest BCUT2D eigenvalue weighted by atomic mass is 35.5. The summed E-state index contributed by atoms with van der Waals surface area (Å²) in [4.78, 5) is 11.2. The third kappa shape index (κ3) is 3.53. The third-order valence-corrected chi connectivity index (χ3v) is 3.49. The molecule has 2 aromatic rings. The lowest BCUT2D eigenvalue weighted by Gasteiger charge is -2.17. The molecule has 4 nitrogen and oxygen atoms in total. The summed E-state index contributed by atoms with van der Waals surface area (Å²) in [6, 6.07) is 14.2. The lowest BCUT2D eigenvalue weighted by molar-refractivity contribution is 0.100. The van der Waals surface area contributed by atoms with Crippen molar-refractivity contribution in [3.05, 3.63) is 64.2 Å². The van der Waals surface area contributed by atoms with Crippen molar-refractivity contribution in [1.29, 1.82) is 5.26 Å². The predicted molar refractivity (Wildman–Crippen MR) is 83.2 cm³/mol. The van der Waals surface area contributed by atoms with Crippen molar-refractivity contribution in [3.8, 4) is 6.07 Å². The summed E-state index contributed by atoms with van der Waals surface area (Å²) >= 11 is 6.12. The Bertz CT molecular complexity index is 704. The number of amides is 1. The quantitative estimate of drug-likeness (QED) is 0.907. The van der Waals surface area contributed by atoms with Crippen LogP contribution in [0.2, 0.25) is 5.02 Å². The van der Waals surface area contributed by atoms with Gasteiger partial charge in [-0.3, -0.25) is 4.79 Å². The van der Waals surface area contributed by atoms with Crippen molar-refractivity contribution in [2.45, 2.75) is 13.0 Å². The molecule has 3 N–H and O–H groups in total. The van der Waals surface area contributed by atoms with Gasteiger partial charge in [-0.25, -0.2) is 0 Å². The Labute approximate surface area is 128 Å². The lowest BCUT2D eigenvalue weighted by atomic mass is 10.1. The van der Waals surface area contributed by atoms with Crippen molar-refractivity contribution >= 4 is 23.2 Å². The number of benzene rings is 2. The average molecular weight is 300 g/mol. The van der Waals surface area contributed by atoms with Crippen molar-refractivity contribution < 1.29 is 4.79 Å². The van der Waals surface area contributed by atoms with Crippen LogP contribution < -0.4 is 11.1 Å². The largest absolute Gasteiger partial charge is 0.377 e. The van der Waals surface area contributed by atoms with Crippen molar-refractivity contribution in [2.24, 2.45) is 5.73 Å². The molecular weight excluding hydrogens is 286 g/mol. The first-order valence-electron chi connectivity index (χ1n) is 6.37. The second kappa shape index (κ2) is 6.29. The van der Waals surface area contributed by atoms with Crippen molar-refractivity contribution in [2.75, 3.05) is 5.32 Å². The number of carbonyl (C=O) groups is 1. The summed E-state index contributed by atoms with van der Waals surface area (Å²) in [5.74, 6) is -0.499. The topological polar surface area (TPSA) is 78.9 Å². The molecule has 2 aromatic carbocycles. The number of nitrogens with zero attached hydrogens (tertiary/aromatic N) is 1. The molecule has 0 aliphatic heterocycles. The Hall–Kier alpha value is -2.51. The van der Waals surface area contributed by atoms with Gasteiger partial charge in [0.05, 0.1) is 22.3 Å². The van der Waals surface area contributed by atoms with E-state index in [1.807, 2.05) is 19.1 Å². The first kappa shape index (κ1) is 14.9. The maximum Gasteiger partial charge on any atom is 0.248 e. The highest BCUT2D eigenvalue weighted by molar-refractivity contribution is 6.33. The van der Waals surface area contributed by atoms with Crippen LogP contribution in [0.25, 0.3) is 0 Å². The van der Waals surface area contributed by atoms with Gasteiger partial charge in [0.25, 0.3) is 0 Å². The van der Waals surface area contributed by atoms with Crippen LogP contribution in [0.1, 0.15) is 34.5 Å². The van der Waals surface area contributed by atoms with E-state index >= 15 is 0 Å². The Balaban J connectivity index is 2.22. The number of rotatable bonds is 4. The van der Waals surface area contributed by atoms with Gasteiger partial charge in [0, 0.05) is 11.6 Å². The first-order chi connectivity index (χ1) is 10.0. The molecule has 1 amide bonds. The Kier molecular flexibility index (Phi) is 4.46. The van der Waals surface area contributed by atoms with E-state index < -0.39 is 5.91 Å². The number of halogens is 1. The Morgan fingerprint density at radius 3 is 2.52 bits per heavy atom. The molecule has 5 heteroatoms. The van der Waals surface area contributed by atoms with Crippen LogP contribution in [0.5, 0.6) is 0 Å². The van der Waals surface area contributed by atoms with Gasteiger partial charge in [-0.2, -0.15) is 5.26 Å². The molecule has 0 aliphatic carbocycles. The fraction of sp³-hybridized carbons (Fsp3) is 0.125. The van der Waals surface area contributed by atoms with E-state index in [1.54, 1.807) is 30.3 Å². The molecule has 0 saturated heterocycles. The molecule has 0 fully saturated rings. The maximum atomic E-state index is 11.2. The van der Waals surface area contributed by atoms with Crippen LogP contribution >= 0.6 is 11.6 Å². The number of anilines is 1. The molecule has 0 aromatic heterocycles. The number of nitrogens with two attached hydrogens (primary N) is 1. The van der Waals surface area contributed by atoms with E-state index in [0.717, 1.165) is 5.56 Å². The minimum Gasteiger partial charge on any atom is -0.377 e. The molecular formula is C16H14ClN3O. The molecule has 2 rings (SSSR count). The van der Waals surface area contributed by atoms with Crippen LogP contribution in [-0.4, -0.2) is 5.91 Å². The smallest absolute Gasteiger partial charge is 0.248 e. The normalized spacial score (nSPS) is 11.5. The molecule has 1 unspecified atom stereocenters. The number of hydrogen-bond donors (Lipinski definition) is 2. The predicted octanol–water partition coefficient (Wildman–Crippen LogP) is 3.48. The zero-order chi connectivity index (χ0) is 15.4. The number of nitriles is 1. The number of primary amides is 1. The maximum absolute atomic E-state index is 11.2. The van der Waals surface area contributed by atoms with E-state index in [2.05, 4.69) is 11.4 Å². The van der Waals surface area contributed by atoms with Crippen LogP contribution in [0.4, 0.5) is 5.69 Å². The number of nitrogens with one attached hydrogen (secondary N) is 1. The van der Waals surface area contributed by atoms with Gasteiger partial charge < -0.3 is 11.1 Å². The monoisotopic (exact) mass is 299 g/mol. The van der Waals surface area contributed by atoms with Gasteiger partial charge in [0.1, 0.15) is 0 Å². The van der Waals surface area contributed by atoms with Gasteiger partial charge in [-0.15, -0.1) is 0 Å². The van der Waals surface area contributed by atoms with Crippen LogP contribution in [-0.2, 0) is 0 Å². The molecule has 0 bridgehead atoms. The van der Waals surface area contributed by atoms with E-state index in [-0.39, 0.29) is 6.04 Å².